The summed E-state index contributed by atoms with van der Waals surface area (Å²) < 4.78 is 13.6. The molecule has 3 rings (SSSR count). The average molecular weight is 350 g/mol. The van der Waals surface area contributed by atoms with Crippen LogP contribution in [0.5, 0.6) is 0 Å². The van der Waals surface area contributed by atoms with Gasteiger partial charge in [-0.05, 0) is 36.2 Å². The van der Waals surface area contributed by atoms with Crippen molar-refractivity contribution in [3.63, 3.8) is 0 Å². The van der Waals surface area contributed by atoms with Crippen LogP contribution in [0.4, 0.5) is 15.9 Å². The van der Waals surface area contributed by atoms with E-state index in [0.29, 0.717) is 11.4 Å². The number of para-hydroxylation sites is 1. The molecule has 0 radical (unpaired) electrons. The number of carbonyl (C=O) groups excluding carboxylic acids is 1. The fourth-order valence-electron chi connectivity index (χ4n) is 2.52. The summed E-state index contributed by atoms with van der Waals surface area (Å²) in [5.41, 5.74) is 2.72. The van der Waals surface area contributed by atoms with Crippen LogP contribution >= 0.6 is 0 Å². The van der Waals surface area contributed by atoms with E-state index in [0.717, 1.165) is 12.1 Å². The second kappa shape index (κ2) is 8.20. The molecule has 1 amide bonds. The summed E-state index contributed by atoms with van der Waals surface area (Å²) in [6.45, 7) is 2.17. The highest BCUT2D eigenvalue weighted by Crippen LogP contribution is 2.19. The summed E-state index contributed by atoms with van der Waals surface area (Å²) >= 11 is 0. The van der Waals surface area contributed by atoms with Crippen LogP contribution in [0.25, 0.3) is 0 Å². The maximum absolute atomic E-state index is 13.6. The molecule has 0 spiro atoms. The minimum absolute atomic E-state index is 0.0943. The number of hydrogen-bond acceptors (Lipinski definition) is 4. The molecule has 2 aromatic carbocycles. The zero-order chi connectivity index (χ0) is 18.4. The van der Waals surface area contributed by atoms with Crippen LogP contribution in [0.3, 0.4) is 0 Å². The molecule has 1 aromatic heterocycles. The molecule has 0 atom stereocenters. The SMILES string of the molecule is CCc1ccccc1Nc1ccc(C(=O)NCc2ccccc2F)nn1. The van der Waals surface area contributed by atoms with E-state index in [2.05, 4.69) is 27.8 Å². The lowest BCUT2D eigenvalue weighted by Gasteiger charge is -2.10. The average Bonchev–Trinajstić information content (AvgIpc) is 2.68. The van der Waals surface area contributed by atoms with Crippen molar-refractivity contribution in [2.45, 2.75) is 19.9 Å². The Morgan fingerprint density at radius 1 is 0.962 bits per heavy atom. The summed E-state index contributed by atoms with van der Waals surface area (Å²) in [7, 11) is 0. The molecule has 0 bridgehead atoms. The Bertz CT molecular complexity index is 896. The molecule has 0 aliphatic rings. The number of nitrogens with zero attached hydrogens (tertiary/aromatic N) is 2. The summed E-state index contributed by atoms with van der Waals surface area (Å²) in [5, 5.41) is 13.8. The molecule has 26 heavy (non-hydrogen) atoms. The number of anilines is 2. The minimum Gasteiger partial charge on any atom is -0.346 e. The van der Waals surface area contributed by atoms with Crippen LogP contribution in [0.1, 0.15) is 28.5 Å². The lowest BCUT2D eigenvalue weighted by Crippen LogP contribution is -2.24. The van der Waals surface area contributed by atoms with Crippen molar-refractivity contribution in [2.75, 3.05) is 5.32 Å². The van der Waals surface area contributed by atoms with E-state index in [9.17, 15) is 9.18 Å². The van der Waals surface area contributed by atoms with Gasteiger partial charge in [-0.2, -0.15) is 0 Å². The highest BCUT2D eigenvalue weighted by atomic mass is 19.1. The standard InChI is InChI=1S/C20H19FN4O/c1-2-14-7-4-6-10-17(14)23-19-12-11-18(24-25-19)20(26)22-13-15-8-3-5-9-16(15)21/h3-12H,2,13H2,1H3,(H,22,26)(H,23,25). The molecule has 0 aliphatic carbocycles. The molecular formula is C20H19FN4O. The largest absolute Gasteiger partial charge is 0.346 e. The van der Waals surface area contributed by atoms with Gasteiger partial charge in [0.2, 0.25) is 0 Å². The Kier molecular flexibility index (Phi) is 5.53. The van der Waals surface area contributed by atoms with Crippen LogP contribution in [-0.4, -0.2) is 16.1 Å². The highest BCUT2D eigenvalue weighted by molar-refractivity contribution is 5.92. The lowest BCUT2D eigenvalue weighted by molar-refractivity contribution is 0.0944. The number of aromatic nitrogens is 2. The topological polar surface area (TPSA) is 66.9 Å². The van der Waals surface area contributed by atoms with Crippen molar-refractivity contribution < 1.29 is 9.18 Å². The molecule has 5 nitrogen and oxygen atoms in total. The van der Waals surface area contributed by atoms with E-state index in [-0.39, 0.29) is 18.1 Å². The Balaban J connectivity index is 1.63. The minimum atomic E-state index is -0.402. The Hall–Kier alpha value is -3.28. The van der Waals surface area contributed by atoms with E-state index >= 15 is 0 Å². The Morgan fingerprint density at radius 3 is 2.38 bits per heavy atom. The molecular weight excluding hydrogens is 331 g/mol. The normalized spacial score (nSPS) is 10.4. The van der Waals surface area contributed by atoms with E-state index < -0.39 is 5.91 Å². The van der Waals surface area contributed by atoms with Gasteiger partial charge in [-0.3, -0.25) is 4.79 Å². The van der Waals surface area contributed by atoms with Crippen molar-refractivity contribution in [2.24, 2.45) is 0 Å². The first-order valence-electron chi connectivity index (χ1n) is 8.37. The first-order chi connectivity index (χ1) is 12.7. The Labute approximate surface area is 151 Å². The van der Waals surface area contributed by atoms with Gasteiger partial charge in [-0.25, -0.2) is 4.39 Å². The van der Waals surface area contributed by atoms with Gasteiger partial charge in [0.1, 0.15) is 5.82 Å². The third-order valence-corrected chi connectivity index (χ3v) is 3.96. The number of carbonyl (C=O) groups is 1. The second-order valence-corrected chi connectivity index (χ2v) is 5.71. The fourth-order valence-corrected chi connectivity index (χ4v) is 2.52. The van der Waals surface area contributed by atoms with Crippen molar-refractivity contribution in [1.82, 2.24) is 15.5 Å². The molecule has 6 heteroatoms. The highest BCUT2D eigenvalue weighted by Gasteiger charge is 2.10. The van der Waals surface area contributed by atoms with Crippen LogP contribution in [0, 0.1) is 5.82 Å². The number of nitrogens with one attached hydrogen (secondary N) is 2. The second-order valence-electron chi connectivity index (χ2n) is 5.71. The van der Waals surface area contributed by atoms with Crippen LogP contribution in [-0.2, 0) is 13.0 Å². The van der Waals surface area contributed by atoms with E-state index in [1.165, 1.54) is 11.6 Å². The number of halogens is 1. The smallest absolute Gasteiger partial charge is 0.272 e. The predicted molar refractivity (Wildman–Crippen MR) is 98.7 cm³/mol. The third-order valence-electron chi connectivity index (χ3n) is 3.96. The van der Waals surface area contributed by atoms with Gasteiger partial charge in [0.05, 0.1) is 0 Å². The van der Waals surface area contributed by atoms with E-state index in [1.807, 2.05) is 24.3 Å². The first-order valence-corrected chi connectivity index (χ1v) is 8.37. The number of rotatable bonds is 6. The molecule has 0 saturated carbocycles. The maximum atomic E-state index is 13.6. The van der Waals surface area contributed by atoms with Gasteiger partial charge in [0, 0.05) is 17.8 Å². The Morgan fingerprint density at radius 2 is 1.69 bits per heavy atom. The molecule has 0 saturated heterocycles. The number of amides is 1. The van der Waals surface area contributed by atoms with E-state index in [4.69, 9.17) is 0 Å². The molecule has 0 unspecified atom stereocenters. The van der Waals surface area contributed by atoms with Crippen LogP contribution < -0.4 is 10.6 Å². The van der Waals surface area contributed by atoms with Crippen molar-refractivity contribution in [3.05, 3.63) is 83.3 Å². The summed E-state index contributed by atoms with van der Waals surface area (Å²) in [5.74, 6) is -0.203. The van der Waals surface area contributed by atoms with Gasteiger partial charge < -0.3 is 10.6 Å². The van der Waals surface area contributed by atoms with Gasteiger partial charge in [0.25, 0.3) is 5.91 Å². The van der Waals surface area contributed by atoms with Crippen LogP contribution in [0.2, 0.25) is 0 Å². The van der Waals surface area contributed by atoms with E-state index in [1.54, 1.807) is 30.3 Å². The van der Waals surface area contributed by atoms with Crippen molar-refractivity contribution in [1.29, 1.82) is 0 Å². The van der Waals surface area contributed by atoms with Crippen LogP contribution in [0.15, 0.2) is 60.7 Å². The summed E-state index contributed by atoms with van der Waals surface area (Å²) in [6.07, 6.45) is 0.896. The monoisotopic (exact) mass is 350 g/mol. The predicted octanol–water partition coefficient (Wildman–Crippen LogP) is 3.85. The lowest BCUT2D eigenvalue weighted by atomic mass is 10.1. The van der Waals surface area contributed by atoms with Gasteiger partial charge in [0.15, 0.2) is 11.5 Å². The summed E-state index contributed by atoms with van der Waals surface area (Å²) in [4.78, 5) is 12.1. The molecule has 2 N–H and O–H groups in total. The zero-order valence-electron chi connectivity index (χ0n) is 14.4. The molecule has 0 fully saturated rings. The molecule has 132 valence electrons. The third kappa shape index (κ3) is 4.22. The number of hydrogen-bond donors (Lipinski definition) is 2. The van der Waals surface area contributed by atoms with Crippen molar-refractivity contribution >= 4 is 17.4 Å². The number of aryl methyl sites for hydroxylation is 1. The van der Waals surface area contributed by atoms with Gasteiger partial charge >= 0.3 is 0 Å². The molecule has 1 heterocycles. The molecule has 3 aromatic rings. The summed E-state index contributed by atoms with van der Waals surface area (Å²) in [6, 6.07) is 17.5. The quantitative estimate of drug-likeness (QED) is 0.709. The zero-order valence-corrected chi connectivity index (χ0v) is 14.4. The molecule has 0 aliphatic heterocycles. The maximum Gasteiger partial charge on any atom is 0.272 e. The fraction of sp³-hybridized carbons (Fsp3) is 0.150. The van der Waals surface area contributed by atoms with Crippen molar-refractivity contribution in [3.8, 4) is 0 Å². The van der Waals surface area contributed by atoms with Gasteiger partial charge in [-0.1, -0.05) is 43.3 Å². The number of benzene rings is 2. The van der Waals surface area contributed by atoms with Gasteiger partial charge in [-0.15, -0.1) is 10.2 Å². The first kappa shape index (κ1) is 17.5.